The average molecular weight is 793 g/mol. The molecule has 58 heavy (non-hydrogen) atoms. The number of anilines is 3. The lowest BCUT2D eigenvalue weighted by atomic mass is 10.1. The number of likely N-dealkylation sites (N-methyl/N-ethyl adjacent to an activating group) is 1. The molecule has 3 aliphatic rings. The number of fused-ring (bicyclic) bond motifs is 6. The van der Waals surface area contributed by atoms with Gasteiger partial charge in [-0.2, -0.15) is 20.3 Å². The molecule has 18 heteroatoms. The van der Waals surface area contributed by atoms with Gasteiger partial charge in [0, 0.05) is 57.5 Å². The molecule has 7 heterocycles. The number of pyridine rings is 1. The molecule has 0 saturated carbocycles. The Labute approximate surface area is 330 Å². The Hall–Kier alpha value is -6.32. The van der Waals surface area contributed by atoms with Crippen LogP contribution in [0.15, 0.2) is 54.7 Å². The highest BCUT2D eigenvalue weighted by Gasteiger charge is 2.42. The molecule has 2 fully saturated rings. The number of hydrogen-bond acceptors (Lipinski definition) is 12. The summed E-state index contributed by atoms with van der Waals surface area (Å²) in [5.74, 6) is -0.420. The van der Waals surface area contributed by atoms with Crippen molar-refractivity contribution in [3.63, 3.8) is 0 Å². The second-order valence-corrected chi connectivity index (χ2v) is 14.8. The minimum atomic E-state index is -0.840. The van der Waals surface area contributed by atoms with Crippen LogP contribution in [-0.4, -0.2) is 116 Å². The number of carbonyl (C=O) groups excluding carboxylic acids is 1. The molecule has 1 amide bonds. The number of imidazole rings is 1. The number of amides is 1. The summed E-state index contributed by atoms with van der Waals surface area (Å²) in [7, 11) is 3.32. The van der Waals surface area contributed by atoms with Crippen LogP contribution in [0.5, 0.6) is 0 Å². The van der Waals surface area contributed by atoms with Gasteiger partial charge in [0.05, 0.1) is 72.7 Å². The van der Waals surface area contributed by atoms with Gasteiger partial charge in [0.15, 0.2) is 11.5 Å². The van der Waals surface area contributed by atoms with Crippen LogP contribution in [0, 0.1) is 35.7 Å². The Morgan fingerprint density at radius 1 is 1.02 bits per heavy atom. The number of morpholine rings is 1. The Bertz CT molecular complexity index is 2610. The van der Waals surface area contributed by atoms with Crippen LogP contribution >= 0.6 is 0 Å². The number of nitriles is 1. The summed E-state index contributed by atoms with van der Waals surface area (Å²) >= 11 is 0. The number of aromatic nitrogens is 7. The van der Waals surface area contributed by atoms with E-state index in [1.54, 1.807) is 19.1 Å². The van der Waals surface area contributed by atoms with Crippen LogP contribution in [0.1, 0.15) is 18.7 Å². The molecule has 0 aliphatic carbocycles. The highest BCUT2D eigenvalue weighted by atomic mass is 19.1. The zero-order valence-corrected chi connectivity index (χ0v) is 31.9. The van der Waals surface area contributed by atoms with E-state index in [4.69, 9.17) is 24.4 Å². The first-order valence-electron chi connectivity index (χ1n) is 19.0. The highest BCUT2D eigenvalue weighted by Crippen LogP contribution is 2.37. The molecule has 6 aromatic rings. The van der Waals surface area contributed by atoms with Gasteiger partial charge in [0.1, 0.15) is 40.8 Å². The maximum Gasteiger partial charge on any atom is 0.245 e. The quantitative estimate of drug-likeness (QED) is 0.259. The first-order chi connectivity index (χ1) is 28.1. The largest absolute Gasteiger partial charge is 0.378 e. The highest BCUT2D eigenvalue weighted by molar-refractivity contribution is 5.94. The number of rotatable bonds is 5. The first-order valence-corrected chi connectivity index (χ1v) is 19.0. The van der Waals surface area contributed by atoms with Crippen LogP contribution in [0.3, 0.4) is 0 Å². The van der Waals surface area contributed by atoms with Crippen molar-refractivity contribution < 1.29 is 27.4 Å². The number of benzene rings is 2. The maximum absolute atomic E-state index is 15.3. The van der Waals surface area contributed by atoms with Gasteiger partial charge >= 0.3 is 0 Å². The molecule has 3 aliphatic heterocycles. The number of carbonyl (C=O) groups is 1. The molecule has 0 spiro atoms. The van der Waals surface area contributed by atoms with Gasteiger partial charge in [-0.3, -0.25) is 4.79 Å². The topological polar surface area (TPSA) is 155 Å². The molecule has 298 valence electrons. The number of ether oxygens (including phenoxy) is 2. The molecular weight excluding hydrogens is 754 g/mol. The van der Waals surface area contributed by atoms with E-state index >= 15 is 8.78 Å². The van der Waals surface area contributed by atoms with Gasteiger partial charge in [0.25, 0.3) is 0 Å². The van der Waals surface area contributed by atoms with Crippen LogP contribution in [0.25, 0.3) is 39.0 Å². The standard InChI is InChI=1S/C40H39F3N12O3/c1-22-46-32-15-24(42)13-28-31-5-4-6-35(48-31)47-25-16-34(39(56)51(2)19-27(57-3)20-53(22)36(28)32)54(18-25)37-29-17-45-55(33-8-7-23(41)14-30(33)43)38(29)50-40(49-37)52-11-12-58-21-26(52)9-10-44/h4-8,13-15,17,25-27,34H,9,11-12,16,18-21H2,1-3H3,(H,47,48)/t25-,26+,27-,34-/m0/s1. The van der Waals surface area contributed by atoms with Crippen molar-refractivity contribution in [1.82, 2.24) is 39.2 Å². The van der Waals surface area contributed by atoms with Crippen molar-refractivity contribution in [3.05, 3.63) is 78.0 Å². The Morgan fingerprint density at radius 2 is 1.88 bits per heavy atom. The lowest BCUT2D eigenvalue weighted by molar-refractivity contribution is -0.132. The number of aryl methyl sites for hydroxylation is 1. The Kier molecular flexibility index (Phi) is 9.56. The van der Waals surface area contributed by atoms with Gasteiger partial charge < -0.3 is 34.1 Å². The summed E-state index contributed by atoms with van der Waals surface area (Å²) in [5.41, 5.74) is 2.52. The summed E-state index contributed by atoms with van der Waals surface area (Å²) < 4.78 is 59.5. The molecule has 4 atom stereocenters. The molecule has 4 bridgehead atoms. The zero-order chi connectivity index (χ0) is 40.2. The Balaban J connectivity index is 1.19. The Morgan fingerprint density at radius 3 is 2.69 bits per heavy atom. The van der Waals surface area contributed by atoms with Gasteiger partial charge in [0.2, 0.25) is 11.9 Å². The van der Waals surface area contributed by atoms with Gasteiger partial charge in [-0.15, -0.1) is 0 Å². The van der Waals surface area contributed by atoms with Crippen molar-refractivity contribution in [2.75, 3.05) is 62.1 Å². The molecule has 2 saturated heterocycles. The van der Waals surface area contributed by atoms with E-state index in [1.807, 2.05) is 39.5 Å². The van der Waals surface area contributed by atoms with E-state index in [0.717, 1.165) is 12.1 Å². The van der Waals surface area contributed by atoms with E-state index < -0.39 is 29.6 Å². The van der Waals surface area contributed by atoms with Crippen molar-refractivity contribution >= 4 is 45.6 Å². The minimum absolute atomic E-state index is 0.0271. The second-order valence-electron chi connectivity index (χ2n) is 14.8. The SMILES string of the molecule is CO[C@H]1CN(C)C(=O)[C@@H]2C[C@@H](CN2c2nc(N3CCOC[C@H]3CC#N)nc3c2cnn3-c2ccc(F)cc2F)Nc2cccc(n2)-c2cc(F)cc3nc(C)n(c23)C1. The lowest BCUT2D eigenvalue weighted by Gasteiger charge is -2.35. The van der Waals surface area contributed by atoms with Crippen LogP contribution in [0.4, 0.5) is 30.8 Å². The molecule has 0 unspecified atom stereocenters. The zero-order valence-electron chi connectivity index (χ0n) is 31.9. The van der Waals surface area contributed by atoms with Crippen LogP contribution < -0.4 is 15.1 Å². The summed E-state index contributed by atoms with van der Waals surface area (Å²) in [6.07, 6.45) is 1.52. The van der Waals surface area contributed by atoms with Crippen molar-refractivity contribution in [1.29, 1.82) is 5.26 Å². The van der Waals surface area contributed by atoms with Crippen molar-refractivity contribution in [2.45, 2.75) is 50.5 Å². The number of nitrogens with zero attached hydrogens (tertiary/aromatic N) is 11. The number of nitrogens with one attached hydrogen (secondary N) is 1. The predicted molar refractivity (Wildman–Crippen MR) is 208 cm³/mol. The van der Waals surface area contributed by atoms with Crippen LogP contribution in [-0.2, 0) is 20.8 Å². The summed E-state index contributed by atoms with van der Waals surface area (Å²) in [5, 5.41) is 18.1. The molecule has 0 radical (unpaired) electrons. The smallest absolute Gasteiger partial charge is 0.245 e. The second kappa shape index (κ2) is 14.9. The molecular formula is C40H39F3N12O3. The molecule has 2 aromatic carbocycles. The molecule has 1 N–H and O–H groups in total. The van der Waals surface area contributed by atoms with Crippen LogP contribution in [0.2, 0.25) is 0 Å². The van der Waals surface area contributed by atoms with E-state index in [-0.39, 0.29) is 61.4 Å². The van der Waals surface area contributed by atoms with E-state index in [0.29, 0.717) is 71.3 Å². The normalized spacial score (nSPS) is 21.3. The van der Waals surface area contributed by atoms with Gasteiger partial charge in [-0.1, -0.05) is 6.07 Å². The average Bonchev–Trinajstić information content (AvgIpc) is 3.91. The summed E-state index contributed by atoms with van der Waals surface area (Å²) in [6, 6.07) is 12.3. The lowest BCUT2D eigenvalue weighted by Crippen LogP contribution is -2.48. The van der Waals surface area contributed by atoms with Crippen molar-refractivity contribution in [3.8, 4) is 23.0 Å². The third kappa shape index (κ3) is 6.59. The monoisotopic (exact) mass is 792 g/mol. The maximum atomic E-state index is 15.3. The van der Waals surface area contributed by atoms with Gasteiger partial charge in [-0.25, -0.2) is 27.8 Å². The predicted octanol–water partition coefficient (Wildman–Crippen LogP) is 4.62. The summed E-state index contributed by atoms with van der Waals surface area (Å²) in [4.78, 5) is 39.8. The molecule has 15 nitrogen and oxygen atoms in total. The number of halogens is 3. The fourth-order valence-corrected chi connectivity index (χ4v) is 8.36. The fraction of sp³-hybridized carbons (Fsp3) is 0.375. The van der Waals surface area contributed by atoms with E-state index in [9.17, 15) is 14.4 Å². The minimum Gasteiger partial charge on any atom is -0.378 e. The fourth-order valence-electron chi connectivity index (χ4n) is 8.36. The summed E-state index contributed by atoms with van der Waals surface area (Å²) in [6.45, 7) is 3.68. The van der Waals surface area contributed by atoms with Gasteiger partial charge in [-0.05, 0) is 43.7 Å². The molecule has 4 aromatic heterocycles. The third-order valence-electron chi connectivity index (χ3n) is 11.2. The van der Waals surface area contributed by atoms with E-state index in [1.165, 1.54) is 29.1 Å². The number of hydrogen-bond donors (Lipinski definition) is 1. The van der Waals surface area contributed by atoms with Crippen molar-refractivity contribution in [2.24, 2.45) is 0 Å². The molecule has 9 rings (SSSR count). The van der Waals surface area contributed by atoms with E-state index in [2.05, 4.69) is 21.5 Å². The first kappa shape index (κ1) is 37.3. The third-order valence-corrected chi connectivity index (χ3v) is 11.2. The number of methoxy groups -OCH3 is 1.